The van der Waals surface area contributed by atoms with Crippen molar-refractivity contribution in [3.63, 3.8) is 0 Å². The number of hydrogen-bond acceptors (Lipinski definition) is 6. The molecule has 0 rings (SSSR count). The van der Waals surface area contributed by atoms with Crippen molar-refractivity contribution < 1.29 is 38.2 Å². The zero-order valence-corrected chi connectivity index (χ0v) is 35.4. The second-order valence-corrected chi connectivity index (χ2v) is 15.6. The molecular weight excluding hydrogens is 679 g/mol. The summed E-state index contributed by atoms with van der Waals surface area (Å²) in [6.45, 7) is 4.57. The predicted octanol–water partition coefficient (Wildman–Crippen LogP) is 11.6. The van der Waals surface area contributed by atoms with Crippen LogP contribution in [-0.4, -0.2) is 80.6 Å². The van der Waals surface area contributed by atoms with Gasteiger partial charge in [0.1, 0.15) is 6.61 Å². The van der Waals surface area contributed by atoms with Gasteiger partial charge in [0.15, 0.2) is 12.1 Å². The Morgan fingerprint density at radius 1 is 0.574 bits per heavy atom. The van der Waals surface area contributed by atoms with Crippen LogP contribution in [0.3, 0.4) is 0 Å². The summed E-state index contributed by atoms with van der Waals surface area (Å²) in [7, 11) is 5.52. The number of carboxylic acid groups (broad SMARTS) is 1. The van der Waals surface area contributed by atoms with Gasteiger partial charge in [-0.05, 0) is 51.4 Å². The van der Waals surface area contributed by atoms with Crippen molar-refractivity contribution in [3.05, 3.63) is 48.6 Å². The number of esters is 2. The first kappa shape index (κ1) is 51.3. The molecule has 0 aliphatic heterocycles. The molecule has 0 amide bonds. The van der Waals surface area contributed by atoms with Gasteiger partial charge in [0.2, 0.25) is 0 Å². The van der Waals surface area contributed by atoms with Gasteiger partial charge in [-0.1, -0.05) is 152 Å². The highest BCUT2D eigenvalue weighted by Crippen LogP contribution is 2.14. The molecule has 0 bridgehead atoms. The molecule has 54 heavy (non-hydrogen) atoms. The molecule has 0 aromatic rings. The molecule has 0 saturated heterocycles. The van der Waals surface area contributed by atoms with Crippen molar-refractivity contribution in [2.75, 3.05) is 41.0 Å². The topological polar surface area (TPSA) is 99.1 Å². The second-order valence-electron chi connectivity index (χ2n) is 15.6. The molecule has 0 aliphatic carbocycles. The SMILES string of the molecule is CC/C=C\C/C=C\C/C=C\C/C=C\CCCCCCCCCCCCC(=O)OC(COCCC(C(=O)O)[N+](C)(C)C)COC(=O)CCCCCCCCC. The Hall–Kier alpha value is -2.71. The first-order chi connectivity index (χ1) is 26.1. The smallest absolute Gasteiger partial charge is 0.362 e. The summed E-state index contributed by atoms with van der Waals surface area (Å²) in [6.07, 6.45) is 43.1. The fraction of sp³-hybridized carbons (Fsp3) is 0.761. The first-order valence-corrected chi connectivity index (χ1v) is 21.7. The highest BCUT2D eigenvalue weighted by molar-refractivity contribution is 5.72. The Balaban J connectivity index is 4.19. The van der Waals surface area contributed by atoms with E-state index in [-0.39, 0.29) is 36.2 Å². The summed E-state index contributed by atoms with van der Waals surface area (Å²) in [6, 6.07) is -0.613. The number of quaternary nitrogens is 1. The Bertz CT molecular complexity index is 1030. The van der Waals surface area contributed by atoms with Gasteiger partial charge in [0.05, 0.1) is 34.4 Å². The summed E-state index contributed by atoms with van der Waals surface area (Å²) in [5, 5.41) is 9.59. The van der Waals surface area contributed by atoms with E-state index >= 15 is 0 Å². The Morgan fingerprint density at radius 2 is 1.04 bits per heavy atom. The predicted molar refractivity (Wildman–Crippen MR) is 224 cm³/mol. The number of carboxylic acids is 1. The number of hydrogen-bond donors (Lipinski definition) is 1. The molecule has 2 atom stereocenters. The van der Waals surface area contributed by atoms with Crippen LogP contribution in [0.15, 0.2) is 48.6 Å². The summed E-state index contributed by atoms with van der Waals surface area (Å²) in [5.74, 6) is -1.48. The van der Waals surface area contributed by atoms with Gasteiger partial charge in [-0.3, -0.25) is 9.59 Å². The van der Waals surface area contributed by atoms with Crippen molar-refractivity contribution in [1.82, 2.24) is 0 Å². The fourth-order valence-electron chi connectivity index (χ4n) is 6.14. The van der Waals surface area contributed by atoms with Gasteiger partial charge in [-0.25, -0.2) is 4.79 Å². The minimum Gasteiger partial charge on any atom is -0.477 e. The lowest BCUT2D eigenvalue weighted by Gasteiger charge is -2.31. The van der Waals surface area contributed by atoms with Crippen LogP contribution < -0.4 is 0 Å². The Kier molecular flexibility index (Phi) is 35.4. The van der Waals surface area contributed by atoms with Crippen molar-refractivity contribution in [2.24, 2.45) is 0 Å². The van der Waals surface area contributed by atoms with Crippen LogP contribution in [0.5, 0.6) is 0 Å². The number of carbonyl (C=O) groups excluding carboxylic acids is 2. The molecule has 0 fully saturated rings. The quantitative estimate of drug-likeness (QED) is 0.0289. The maximum atomic E-state index is 12.7. The van der Waals surface area contributed by atoms with Gasteiger partial charge in [-0.2, -0.15) is 0 Å². The summed E-state index contributed by atoms with van der Waals surface area (Å²) in [5.41, 5.74) is 0. The van der Waals surface area contributed by atoms with Crippen molar-refractivity contribution in [3.8, 4) is 0 Å². The number of likely N-dealkylation sites (N-methyl/N-ethyl adjacent to an activating group) is 1. The molecule has 8 nitrogen and oxygen atoms in total. The van der Waals surface area contributed by atoms with E-state index in [0.29, 0.717) is 19.3 Å². The molecule has 1 N–H and O–H groups in total. The maximum Gasteiger partial charge on any atom is 0.362 e. The Labute approximate surface area is 331 Å². The van der Waals surface area contributed by atoms with Gasteiger partial charge in [-0.15, -0.1) is 0 Å². The minimum atomic E-state index is -0.877. The summed E-state index contributed by atoms with van der Waals surface area (Å²) < 4.78 is 17.2. The molecule has 0 radical (unpaired) electrons. The molecule has 312 valence electrons. The number of allylic oxidation sites excluding steroid dienone is 8. The van der Waals surface area contributed by atoms with E-state index in [1.807, 2.05) is 21.1 Å². The lowest BCUT2D eigenvalue weighted by atomic mass is 10.0. The molecule has 0 saturated carbocycles. The molecule has 2 unspecified atom stereocenters. The van der Waals surface area contributed by atoms with Crippen molar-refractivity contribution in [2.45, 2.75) is 187 Å². The van der Waals surface area contributed by atoms with Gasteiger partial charge < -0.3 is 23.8 Å². The van der Waals surface area contributed by atoms with Gasteiger partial charge >= 0.3 is 17.9 Å². The van der Waals surface area contributed by atoms with Crippen molar-refractivity contribution in [1.29, 1.82) is 0 Å². The molecule has 0 heterocycles. The zero-order valence-electron chi connectivity index (χ0n) is 35.4. The molecule has 0 aromatic heterocycles. The summed E-state index contributed by atoms with van der Waals surface area (Å²) >= 11 is 0. The fourth-order valence-corrected chi connectivity index (χ4v) is 6.14. The van der Waals surface area contributed by atoms with E-state index < -0.39 is 18.1 Å². The van der Waals surface area contributed by atoms with E-state index in [1.165, 1.54) is 77.0 Å². The standard InChI is InChI=1S/C46H81NO7/c1-6-8-10-12-14-15-16-17-18-19-20-21-22-23-24-25-26-27-28-29-31-33-35-37-45(49)54-42(40-52-39-38-43(46(50)51)47(3,4)5)41-53-44(48)36-34-32-30-13-11-9-7-2/h8,10,14-15,17-18,20-21,42-43H,6-7,9,11-13,16,19,22-41H2,1-5H3/p+1/b10-8-,15-14-,18-17-,21-20-. The normalized spacial score (nSPS) is 13.4. The minimum absolute atomic E-state index is 0.0524. The Morgan fingerprint density at radius 3 is 1.54 bits per heavy atom. The molecule has 0 spiro atoms. The number of ether oxygens (including phenoxy) is 3. The van der Waals surface area contributed by atoms with E-state index in [4.69, 9.17) is 14.2 Å². The zero-order chi connectivity index (χ0) is 40.0. The highest BCUT2D eigenvalue weighted by Gasteiger charge is 2.31. The van der Waals surface area contributed by atoms with Crippen molar-refractivity contribution >= 4 is 17.9 Å². The first-order valence-electron chi connectivity index (χ1n) is 21.7. The third-order valence-electron chi connectivity index (χ3n) is 9.49. The second kappa shape index (κ2) is 37.2. The average Bonchev–Trinajstić information content (AvgIpc) is 3.12. The van der Waals surface area contributed by atoms with Crippen LogP contribution in [0.4, 0.5) is 0 Å². The highest BCUT2D eigenvalue weighted by atomic mass is 16.6. The van der Waals surface area contributed by atoms with Crippen LogP contribution in [0.1, 0.15) is 174 Å². The van der Waals surface area contributed by atoms with Crippen LogP contribution >= 0.6 is 0 Å². The lowest BCUT2D eigenvalue weighted by Crippen LogP contribution is -2.50. The monoisotopic (exact) mass is 761 g/mol. The molecule has 0 aromatic carbocycles. The van der Waals surface area contributed by atoms with Crippen LogP contribution in [0.2, 0.25) is 0 Å². The van der Waals surface area contributed by atoms with Gasteiger partial charge in [0, 0.05) is 19.3 Å². The number of unbranched alkanes of at least 4 members (excludes halogenated alkanes) is 16. The number of aliphatic carboxylic acids is 1. The van der Waals surface area contributed by atoms with E-state index in [9.17, 15) is 19.5 Å². The molecule has 8 heteroatoms. The van der Waals surface area contributed by atoms with E-state index in [1.54, 1.807) is 0 Å². The maximum absolute atomic E-state index is 12.7. The average molecular weight is 761 g/mol. The number of rotatable bonds is 38. The largest absolute Gasteiger partial charge is 0.477 e. The third kappa shape index (κ3) is 35.0. The van der Waals surface area contributed by atoms with E-state index in [2.05, 4.69) is 62.5 Å². The molecule has 0 aliphatic rings. The van der Waals surface area contributed by atoms with Gasteiger partial charge in [0.25, 0.3) is 0 Å². The summed E-state index contributed by atoms with van der Waals surface area (Å²) in [4.78, 5) is 36.8. The van der Waals surface area contributed by atoms with E-state index in [0.717, 1.165) is 64.2 Å². The number of carbonyl (C=O) groups is 3. The third-order valence-corrected chi connectivity index (χ3v) is 9.49. The van der Waals surface area contributed by atoms with Crippen LogP contribution in [0, 0.1) is 0 Å². The van der Waals surface area contributed by atoms with Crippen LogP contribution in [-0.2, 0) is 28.6 Å². The molecular formula is C46H82NO7+. The van der Waals surface area contributed by atoms with Crippen LogP contribution in [0.25, 0.3) is 0 Å². The lowest BCUT2D eigenvalue weighted by molar-refractivity contribution is -0.887. The number of nitrogens with zero attached hydrogens (tertiary/aromatic N) is 1.